The molecule has 4 aromatic rings. The Hall–Kier alpha value is -3.74. The number of benzene rings is 2. The number of fused-ring (bicyclic) bond motifs is 2. The van der Waals surface area contributed by atoms with Crippen molar-refractivity contribution in [2.24, 2.45) is 0 Å². The van der Waals surface area contributed by atoms with E-state index in [2.05, 4.69) is 4.98 Å². The van der Waals surface area contributed by atoms with Gasteiger partial charge in [0.1, 0.15) is 18.1 Å². The van der Waals surface area contributed by atoms with Gasteiger partial charge < -0.3 is 14.2 Å². The Kier molecular flexibility index (Phi) is 5.77. The molecule has 6 nitrogen and oxygen atoms in total. The average Bonchev–Trinajstić information content (AvgIpc) is 3.13. The van der Waals surface area contributed by atoms with Crippen molar-refractivity contribution in [2.45, 2.75) is 32.2 Å². The van der Waals surface area contributed by atoms with E-state index in [1.807, 2.05) is 46.7 Å². The van der Waals surface area contributed by atoms with E-state index in [4.69, 9.17) is 4.74 Å². The number of ether oxygens (including phenoxy) is 1. The lowest BCUT2D eigenvalue weighted by Gasteiger charge is -2.32. The van der Waals surface area contributed by atoms with Gasteiger partial charge in [-0.25, -0.2) is 9.37 Å². The number of para-hydroxylation sites is 1. The van der Waals surface area contributed by atoms with Gasteiger partial charge in [-0.2, -0.15) is 0 Å². The molecule has 0 N–H and O–H groups in total. The molecular weight excluding hydrogens is 433 g/mol. The molecule has 0 atom stereocenters. The minimum absolute atomic E-state index is 0.0694. The van der Waals surface area contributed by atoms with Crippen molar-refractivity contribution in [1.82, 2.24) is 14.5 Å². The minimum atomic E-state index is -0.348. The summed E-state index contributed by atoms with van der Waals surface area (Å²) < 4.78 is 20.9. The summed E-state index contributed by atoms with van der Waals surface area (Å²) in [6, 6.07) is 16.1. The zero-order valence-electron chi connectivity index (χ0n) is 19.3. The fourth-order valence-corrected chi connectivity index (χ4v) is 5.11. The molecule has 5 rings (SSSR count). The second kappa shape index (κ2) is 8.89. The molecule has 2 aromatic heterocycles. The first-order valence-corrected chi connectivity index (χ1v) is 11.5. The van der Waals surface area contributed by atoms with Crippen molar-refractivity contribution >= 4 is 33.7 Å². The average molecular weight is 460 g/mol. The van der Waals surface area contributed by atoms with Crippen LogP contribution in [0.2, 0.25) is 0 Å². The van der Waals surface area contributed by atoms with Crippen molar-refractivity contribution < 1.29 is 18.7 Å². The van der Waals surface area contributed by atoms with Gasteiger partial charge in [-0.1, -0.05) is 24.3 Å². The second-order valence-corrected chi connectivity index (χ2v) is 8.78. The standard InChI is InChI=1S/C27H26FN3O3/c1-17-26(21-15-20(28)8-10-24(21)31(17)16-25(32)34-2)19-11-13-30(14-12-19)27(33)23-9-7-18-5-3-4-6-22(18)29-23/h3-10,15,19H,11-14,16H2,1-2H3. The van der Waals surface area contributed by atoms with Crippen LogP contribution in [0.1, 0.15) is 40.5 Å². The summed E-state index contributed by atoms with van der Waals surface area (Å²) in [5, 5.41) is 1.83. The number of halogens is 1. The summed E-state index contributed by atoms with van der Waals surface area (Å²) >= 11 is 0. The van der Waals surface area contributed by atoms with Crippen molar-refractivity contribution in [3.63, 3.8) is 0 Å². The number of rotatable bonds is 4. The van der Waals surface area contributed by atoms with Gasteiger partial charge in [-0.15, -0.1) is 0 Å². The minimum Gasteiger partial charge on any atom is -0.468 e. The lowest BCUT2D eigenvalue weighted by molar-refractivity contribution is -0.141. The highest BCUT2D eigenvalue weighted by molar-refractivity contribution is 5.95. The molecule has 2 aromatic carbocycles. The number of hydrogen-bond donors (Lipinski definition) is 0. The quantitative estimate of drug-likeness (QED) is 0.410. The number of piperidine rings is 1. The molecule has 1 fully saturated rings. The van der Waals surface area contributed by atoms with Crippen LogP contribution in [0.3, 0.4) is 0 Å². The maximum Gasteiger partial charge on any atom is 0.325 e. The van der Waals surface area contributed by atoms with E-state index in [0.29, 0.717) is 18.8 Å². The summed E-state index contributed by atoms with van der Waals surface area (Å²) in [4.78, 5) is 31.5. The summed E-state index contributed by atoms with van der Waals surface area (Å²) in [5.74, 6) is -0.560. The van der Waals surface area contributed by atoms with Crippen LogP contribution in [0.4, 0.5) is 4.39 Å². The summed E-state index contributed by atoms with van der Waals surface area (Å²) in [6.07, 6.45) is 1.52. The van der Waals surface area contributed by atoms with E-state index >= 15 is 0 Å². The van der Waals surface area contributed by atoms with E-state index in [-0.39, 0.29) is 30.2 Å². The van der Waals surface area contributed by atoms with Crippen LogP contribution < -0.4 is 0 Å². The van der Waals surface area contributed by atoms with Crippen molar-refractivity contribution in [1.29, 1.82) is 0 Å². The van der Waals surface area contributed by atoms with Crippen LogP contribution in [0.15, 0.2) is 54.6 Å². The Morgan fingerprint density at radius 1 is 1.09 bits per heavy atom. The first-order valence-electron chi connectivity index (χ1n) is 11.5. The second-order valence-electron chi connectivity index (χ2n) is 8.78. The third-order valence-electron chi connectivity index (χ3n) is 6.86. The first-order chi connectivity index (χ1) is 16.5. The molecule has 174 valence electrons. The third kappa shape index (κ3) is 3.91. The fourth-order valence-electron chi connectivity index (χ4n) is 5.11. The van der Waals surface area contributed by atoms with Crippen LogP contribution in [0.5, 0.6) is 0 Å². The molecule has 0 spiro atoms. The van der Waals surface area contributed by atoms with Crippen LogP contribution in [0, 0.1) is 12.7 Å². The van der Waals surface area contributed by atoms with E-state index in [1.165, 1.54) is 13.2 Å². The van der Waals surface area contributed by atoms with Crippen LogP contribution in [-0.4, -0.2) is 46.5 Å². The van der Waals surface area contributed by atoms with Gasteiger partial charge in [-0.3, -0.25) is 9.59 Å². The zero-order valence-corrected chi connectivity index (χ0v) is 19.3. The molecule has 1 aliphatic heterocycles. The summed E-state index contributed by atoms with van der Waals surface area (Å²) in [5.41, 5.74) is 4.06. The number of hydrogen-bond acceptors (Lipinski definition) is 4. The van der Waals surface area contributed by atoms with Gasteiger partial charge in [-0.05, 0) is 61.6 Å². The van der Waals surface area contributed by atoms with Crippen molar-refractivity contribution in [2.75, 3.05) is 20.2 Å². The Morgan fingerprint density at radius 3 is 2.62 bits per heavy atom. The molecule has 1 saturated heterocycles. The Morgan fingerprint density at radius 2 is 1.85 bits per heavy atom. The number of nitrogens with zero attached hydrogens (tertiary/aromatic N) is 3. The van der Waals surface area contributed by atoms with Gasteiger partial charge in [0.05, 0.1) is 12.6 Å². The van der Waals surface area contributed by atoms with Crippen LogP contribution >= 0.6 is 0 Å². The number of pyridine rings is 1. The SMILES string of the molecule is COC(=O)Cn1c(C)c(C2CCN(C(=O)c3ccc4ccccc4n3)CC2)c2cc(F)ccc21. The van der Waals surface area contributed by atoms with E-state index in [0.717, 1.165) is 45.9 Å². The fraction of sp³-hybridized carbons (Fsp3) is 0.296. The molecule has 7 heteroatoms. The van der Waals surface area contributed by atoms with Gasteiger partial charge >= 0.3 is 5.97 Å². The maximum absolute atomic E-state index is 14.2. The molecular formula is C27H26FN3O3. The monoisotopic (exact) mass is 459 g/mol. The predicted octanol–water partition coefficient (Wildman–Crippen LogP) is 4.83. The Balaban J connectivity index is 1.39. The number of likely N-dealkylation sites (tertiary alicyclic amines) is 1. The molecule has 0 aliphatic carbocycles. The first kappa shape index (κ1) is 22.1. The molecule has 34 heavy (non-hydrogen) atoms. The lowest BCUT2D eigenvalue weighted by atomic mass is 9.87. The highest BCUT2D eigenvalue weighted by atomic mass is 19.1. The number of methoxy groups -OCH3 is 1. The van der Waals surface area contributed by atoms with E-state index < -0.39 is 0 Å². The van der Waals surface area contributed by atoms with Gasteiger partial charge in [0.25, 0.3) is 5.91 Å². The summed E-state index contributed by atoms with van der Waals surface area (Å²) in [7, 11) is 1.36. The molecule has 1 aliphatic rings. The topological polar surface area (TPSA) is 64.4 Å². The van der Waals surface area contributed by atoms with Gasteiger partial charge in [0.2, 0.25) is 0 Å². The van der Waals surface area contributed by atoms with Crippen LogP contribution in [0.25, 0.3) is 21.8 Å². The number of carbonyl (C=O) groups excluding carboxylic acids is 2. The Bertz CT molecular complexity index is 1400. The maximum atomic E-state index is 14.2. The molecule has 0 unspecified atom stereocenters. The smallest absolute Gasteiger partial charge is 0.325 e. The van der Waals surface area contributed by atoms with Gasteiger partial charge in [0, 0.05) is 35.1 Å². The zero-order chi connectivity index (χ0) is 23.8. The molecule has 0 saturated carbocycles. The predicted molar refractivity (Wildman–Crippen MR) is 128 cm³/mol. The third-order valence-corrected chi connectivity index (χ3v) is 6.86. The van der Waals surface area contributed by atoms with Gasteiger partial charge in [0.15, 0.2) is 0 Å². The highest BCUT2D eigenvalue weighted by Crippen LogP contribution is 2.38. The Labute approximate surface area is 196 Å². The molecule has 3 heterocycles. The molecule has 0 bridgehead atoms. The van der Waals surface area contributed by atoms with Crippen molar-refractivity contribution in [3.05, 3.63) is 77.4 Å². The highest BCUT2D eigenvalue weighted by Gasteiger charge is 2.29. The van der Waals surface area contributed by atoms with E-state index in [9.17, 15) is 14.0 Å². The molecule has 0 radical (unpaired) electrons. The van der Waals surface area contributed by atoms with Crippen molar-refractivity contribution in [3.8, 4) is 0 Å². The normalized spacial score (nSPS) is 14.6. The lowest BCUT2D eigenvalue weighted by Crippen LogP contribution is -2.38. The van der Waals surface area contributed by atoms with E-state index in [1.54, 1.807) is 18.2 Å². The number of aromatic nitrogens is 2. The number of amides is 1. The molecule has 1 amide bonds. The largest absolute Gasteiger partial charge is 0.468 e. The van der Waals surface area contributed by atoms with Crippen LogP contribution in [-0.2, 0) is 16.1 Å². The summed E-state index contributed by atoms with van der Waals surface area (Å²) in [6.45, 7) is 3.23. The number of esters is 1. The number of carbonyl (C=O) groups is 2.